The quantitative estimate of drug-likeness (QED) is 0.901. The van der Waals surface area contributed by atoms with E-state index >= 15 is 0 Å². The lowest BCUT2D eigenvalue weighted by Gasteiger charge is -2.32. The van der Waals surface area contributed by atoms with Crippen LogP contribution in [0.1, 0.15) is 23.5 Å². The first-order valence-corrected chi connectivity index (χ1v) is 8.17. The van der Waals surface area contributed by atoms with E-state index in [1.54, 1.807) is 24.8 Å². The summed E-state index contributed by atoms with van der Waals surface area (Å²) in [7, 11) is 1.67. The van der Waals surface area contributed by atoms with E-state index in [4.69, 9.17) is 4.74 Å². The van der Waals surface area contributed by atoms with Gasteiger partial charge in [-0.2, -0.15) is 0 Å². The molecule has 8 heteroatoms. The number of hydrogen-bond acceptors (Lipinski definition) is 8. The number of nitrogens with one attached hydrogen (secondary N) is 1. The first kappa shape index (κ1) is 15.1. The molecule has 3 rings (SSSR count). The summed E-state index contributed by atoms with van der Waals surface area (Å²) in [6.45, 7) is 4.46. The standard InChI is InChI=1S/C14H20N6OS/c1-10-7-12(16-9-15-10)17-11-3-5-20(6-4-11)14-19-18-13(22-14)8-21-2/h7,9,11H,3-6,8H2,1-2H3,(H,15,16,17). The van der Waals surface area contributed by atoms with Crippen molar-refractivity contribution < 1.29 is 4.74 Å². The van der Waals surface area contributed by atoms with Crippen LogP contribution in [0.15, 0.2) is 12.4 Å². The molecule has 2 aromatic rings. The Bertz CT molecular complexity index is 611. The SMILES string of the molecule is COCc1nnc(N2CCC(Nc3cc(C)ncn3)CC2)s1. The number of ether oxygens (including phenoxy) is 1. The van der Waals surface area contributed by atoms with Crippen LogP contribution >= 0.6 is 11.3 Å². The summed E-state index contributed by atoms with van der Waals surface area (Å²) < 4.78 is 5.09. The number of hydrogen-bond donors (Lipinski definition) is 1. The summed E-state index contributed by atoms with van der Waals surface area (Å²) >= 11 is 1.61. The van der Waals surface area contributed by atoms with Crippen LogP contribution in [-0.4, -0.2) is 46.4 Å². The molecule has 1 aliphatic rings. The molecule has 0 spiro atoms. The molecule has 0 atom stereocenters. The van der Waals surface area contributed by atoms with Crippen LogP contribution in [0, 0.1) is 6.92 Å². The van der Waals surface area contributed by atoms with E-state index in [-0.39, 0.29) is 0 Å². The third-order valence-corrected chi connectivity index (χ3v) is 4.60. The van der Waals surface area contributed by atoms with Crippen molar-refractivity contribution in [1.82, 2.24) is 20.2 Å². The largest absolute Gasteiger partial charge is 0.377 e. The Morgan fingerprint density at radius 2 is 2.14 bits per heavy atom. The summed E-state index contributed by atoms with van der Waals surface area (Å²) in [5.74, 6) is 0.907. The van der Waals surface area contributed by atoms with Gasteiger partial charge in [-0.25, -0.2) is 9.97 Å². The molecule has 3 heterocycles. The lowest BCUT2D eigenvalue weighted by molar-refractivity contribution is 0.184. The van der Waals surface area contributed by atoms with Crippen molar-refractivity contribution >= 4 is 22.3 Å². The molecule has 0 radical (unpaired) electrons. The van der Waals surface area contributed by atoms with Crippen molar-refractivity contribution in [3.63, 3.8) is 0 Å². The fraction of sp³-hybridized carbons (Fsp3) is 0.571. The molecular formula is C14H20N6OS. The lowest BCUT2D eigenvalue weighted by Crippen LogP contribution is -2.39. The van der Waals surface area contributed by atoms with Gasteiger partial charge in [0, 0.05) is 38.0 Å². The maximum Gasteiger partial charge on any atom is 0.208 e. The molecule has 1 N–H and O–H groups in total. The predicted octanol–water partition coefficient (Wildman–Crippen LogP) is 1.86. The Balaban J connectivity index is 1.53. The summed E-state index contributed by atoms with van der Waals surface area (Å²) in [4.78, 5) is 10.7. The summed E-state index contributed by atoms with van der Waals surface area (Å²) in [5.41, 5.74) is 0.981. The smallest absolute Gasteiger partial charge is 0.208 e. The number of methoxy groups -OCH3 is 1. The second-order valence-electron chi connectivity index (χ2n) is 5.36. The zero-order chi connectivity index (χ0) is 15.4. The third kappa shape index (κ3) is 3.69. The predicted molar refractivity (Wildman–Crippen MR) is 86.2 cm³/mol. The average Bonchev–Trinajstić information content (AvgIpc) is 2.97. The zero-order valence-electron chi connectivity index (χ0n) is 12.8. The van der Waals surface area contributed by atoms with Gasteiger partial charge in [-0.05, 0) is 19.8 Å². The number of anilines is 2. The first-order valence-electron chi connectivity index (χ1n) is 7.36. The maximum atomic E-state index is 5.09. The number of aromatic nitrogens is 4. The van der Waals surface area contributed by atoms with E-state index < -0.39 is 0 Å². The fourth-order valence-electron chi connectivity index (χ4n) is 2.51. The van der Waals surface area contributed by atoms with E-state index in [0.29, 0.717) is 12.6 Å². The summed E-state index contributed by atoms with van der Waals surface area (Å²) in [6, 6.07) is 2.42. The van der Waals surface area contributed by atoms with Gasteiger partial charge in [-0.15, -0.1) is 10.2 Å². The number of nitrogens with zero attached hydrogens (tertiary/aromatic N) is 5. The van der Waals surface area contributed by atoms with Crippen LogP contribution in [0.4, 0.5) is 10.9 Å². The van der Waals surface area contributed by atoms with Crippen molar-refractivity contribution in [2.45, 2.75) is 32.4 Å². The Morgan fingerprint density at radius 1 is 1.32 bits per heavy atom. The van der Waals surface area contributed by atoms with Gasteiger partial charge < -0.3 is 15.0 Å². The average molecular weight is 320 g/mol. The van der Waals surface area contributed by atoms with Crippen molar-refractivity contribution in [1.29, 1.82) is 0 Å². The van der Waals surface area contributed by atoms with Crippen LogP contribution in [0.25, 0.3) is 0 Å². The van der Waals surface area contributed by atoms with Gasteiger partial charge in [0.25, 0.3) is 0 Å². The molecule has 1 aliphatic heterocycles. The molecule has 118 valence electrons. The lowest BCUT2D eigenvalue weighted by atomic mass is 10.1. The number of piperidine rings is 1. The zero-order valence-corrected chi connectivity index (χ0v) is 13.6. The van der Waals surface area contributed by atoms with Crippen LogP contribution in [0.3, 0.4) is 0 Å². The van der Waals surface area contributed by atoms with Crippen molar-refractivity contribution in [3.8, 4) is 0 Å². The van der Waals surface area contributed by atoms with E-state index in [0.717, 1.165) is 47.6 Å². The van der Waals surface area contributed by atoms with Gasteiger partial charge in [0.2, 0.25) is 5.13 Å². The van der Waals surface area contributed by atoms with Crippen molar-refractivity contribution in [2.75, 3.05) is 30.4 Å². The molecule has 0 unspecified atom stereocenters. The van der Waals surface area contributed by atoms with E-state index in [2.05, 4.69) is 30.4 Å². The van der Waals surface area contributed by atoms with Gasteiger partial charge in [0.1, 0.15) is 23.8 Å². The van der Waals surface area contributed by atoms with Gasteiger partial charge in [0.05, 0.1) is 0 Å². The molecule has 22 heavy (non-hydrogen) atoms. The van der Waals surface area contributed by atoms with Crippen LogP contribution in [0.5, 0.6) is 0 Å². The minimum absolute atomic E-state index is 0.442. The van der Waals surface area contributed by atoms with Crippen molar-refractivity contribution in [2.24, 2.45) is 0 Å². The third-order valence-electron chi connectivity index (χ3n) is 3.65. The van der Waals surface area contributed by atoms with Crippen LogP contribution in [0.2, 0.25) is 0 Å². The molecule has 0 aromatic carbocycles. The maximum absolute atomic E-state index is 5.09. The molecular weight excluding hydrogens is 300 g/mol. The van der Waals surface area contributed by atoms with E-state index in [9.17, 15) is 0 Å². The highest BCUT2D eigenvalue weighted by atomic mass is 32.1. The molecule has 0 aliphatic carbocycles. The number of rotatable bonds is 5. The Hall–Kier alpha value is -1.80. The normalized spacial score (nSPS) is 16.0. The second kappa shape index (κ2) is 6.97. The molecule has 0 bridgehead atoms. The van der Waals surface area contributed by atoms with Gasteiger partial charge in [0.15, 0.2) is 0 Å². The topological polar surface area (TPSA) is 76.1 Å². The molecule has 1 fully saturated rings. The highest BCUT2D eigenvalue weighted by Crippen LogP contribution is 2.25. The molecule has 1 saturated heterocycles. The molecule has 0 saturated carbocycles. The van der Waals surface area contributed by atoms with Gasteiger partial charge in [-0.3, -0.25) is 0 Å². The molecule has 2 aromatic heterocycles. The first-order chi connectivity index (χ1) is 10.7. The van der Waals surface area contributed by atoms with E-state index in [1.165, 1.54) is 0 Å². The molecule has 0 amide bonds. The van der Waals surface area contributed by atoms with Gasteiger partial charge >= 0.3 is 0 Å². The molecule has 7 nitrogen and oxygen atoms in total. The summed E-state index contributed by atoms with van der Waals surface area (Å²) in [5, 5.41) is 13.8. The Labute approximate surface area is 133 Å². The fourth-order valence-corrected chi connectivity index (χ4v) is 3.37. The minimum Gasteiger partial charge on any atom is -0.377 e. The Morgan fingerprint density at radius 3 is 2.86 bits per heavy atom. The second-order valence-corrected chi connectivity index (χ2v) is 6.40. The number of aryl methyl sites for hydroxylation is 1. The Kier molecular flexibility index (Phi) is 4.79. The highest BCUT2D eigenvalue weighted by Gasteiger charge is 2.22. The minimum atomic E-state index is 0.442. The van der Waals surface area contributed by atoms with Gasteiger partial charge in [-0.1, -0.05) is 11.3 Å². The van der Waals surface area contributed by atoms with Crippen molar-refractivity contribution in [3.05, 3.63) is 23.1 Å². The van der Waals surface area contributed by atoms with Crippen LogP contribution < -0.4 is 10.2 Å². The van der Waals surface area contributed by atoms with E-state index in [1.807, 2.05) is 13.0 Å². The van der Waals surface area contributed by atoms with Crippen LogP contribution in [-0.2, 0) is 11.3 Å². The highest BCUT2D eigenvalue weighted by molar-refractivity contribution is 7.15. The summed E-state index contributed by atoms with van der Waals surface area (Å²) in [6.07, 6.45) is 3.72. The monoisotopic (exact) mass is 320 g/mol.